The molecule has 3 N–H and O–H groups in total. The average molecular weight is 387 g/mol. The summed E-state index contributed by atoms with van der Waals surface area (Å²) in [5.41, 5.74) is 9.75. The van der Waals surface area contributed by atoms with Gasteiger partial charge in [-0.1, -0.05) is 6.07 Å². The van der Waals surface area contributed by atoms with Crippen molar-refractivity contribution in [2.24, 2.45) is 0 Å². The monoisotopic (exact) mass is 387 g/mol. The van der Waals surface area contributed by atoms with Crippen LogP contribution in [0.1, 0.15) is 41.9 Å². The van der Waals surface area contributed by atoms with Gasteiger partial charge in [0.1, 0.15) is 0 Å². The van der Waals surface area contributed by atoms with Gasteiger partial charge in [0.25, 0.3) is 0 Å². The molecule has 2 aromatic carbocycles. The Morgan fingerprint density at radius 1 is 1.11 bits per heavy atom. The lowest BCUT2D eigenvalue weighted by Crippen LogP contribution is -2.44. The highest BCUT2D eigenvalue weighted by molar-refractivity contribution is 5.78. The summed E-state index contributed by atoms with van der Waals surface area (Å²) >= 11 is 0. The molecule has 28 heavy (non-hydrogen) atoms. The Balaban J connectivity index is 1.70. The fourth-order valence-corrected chi connectivity index (χ4v) is 5.32. The van der Waals surface area contributed by atoms with Crippen molar-refractivity contribution in [3.63, 3.8) is 0 Å². The van der Waals surface area contributed by atoms with E-state index in [1.165, 1.54) is 22.9 Å². The molecule has 148 valence electrons. The van der Waals surface area contributed by atoms with E-state index in [0.29, 0.717) is 17.5 Å². The number of fused-ring (bicyclic) bond motifs is 3. The maximum Gasteiger partial charge on any atom is 0.417 e. The van der Waals surface area contributed by atoms with Crippen LogP contribution < -0.4 is 16.0 Å². The smallest absolute Gasteiger partial charge is 0.399 e. The van der Waals surface area contributed by atoms with Gasteiger partial charge in [-0.15, -0.1) is 0 Å². The molecule has 3 nitrogen and oxygen atoms in total. The maximum atomic E-state index is 13.7. The number of aryl methyl sites for hydroxylation is 1. The number of hydrogen-bond acceptors (Lipinski definition) is 3. The quantitative estimate of drug-likeness (QED) is 0.705. The first-order valence-electron chi connectivity index (χ1n) is 10.0. The second kappa shape index (κ2) is 6.41. The molecule has 6 heteroatoms. The lowest BCUT2D eigenvalue weighted by atomic mass is 9.86. The molecule has 0 bridgehead atoms. The van der Waals surface area contributed by atoms with Crippen LogP contribution in [0.25, 0.3) is 11.1 Å². The number of alkyl halides is 3. The van der Waals surface area contributed by atoms with Crippen LogP contribution >= 0.6 is 0 Å². The number of nitrogens with one attached hydrogen (secondary N) is 1. The first-order chi connectivity index (χ1) is 13.4. The van der Waals surface area contributed by atoms with Crippen LogP contribution in [0.5, 0.6) is 0 Å². The highest BCUT2D eigenvalue weighted by atomic mass is 19.4. The molecule has 0 radical (unpaired) electrons. The van der Waals surface area contributed by atoms with Crippen molar-refractivity contribution < 1.29 is 13.2 Å². The van der Waals surface area contributed by atoms with Crippen molar-refractivity contribution >= 4 is 11.4 Å². The van der Waals surface area contributed by atoms with E-state index in [0.717, 1.165) is 51.4 Å². The van der Waals surface area contributed by atoms with E-state index in [1.807, 2.05) is 12.1 Å². The number of halogens is 3. The standard InChI is InChI=1S/C22H24F3N3/c23-22(24,25)19-11-15(26)4-5-16(19)14-9-13-3-1-2-8-28-20-6-7-27-12-18(20)17(10-14)21(13)28/h4-5,9-11,18,20,27H,1-3,6-8,12,26H2. The summed E-state index contributed by atoms with van der Waals surface area (Å²) in [7, 11) is 0. The van der Waals surface area contributed by atoms with Crippen LogP contribution in [0.4, 0.5) is 24.5 Å². The summed E-state index contributed by atoms with van der Waals surface area (Å²) in [5, 5.41) is 3.48. The molecule has 3 aliphatic heterocycles. The Hall–Kier alpha value is -2.21. The summed E-state index contributed by atoms with van der Waals surface area (Å²) in [5.74, 6) is 0.351. The van der Waals surface area contributed by atoms with E-state index < -0.39 is 11.7 Å². The predicted molar refractivity (Wildman–Crippen MR) is 106 cm³/mol. The number of nitrogens with two attached hydrogens (primary N) is 1. The van der Waals surface area contributed by atoms with E-state index in [9.17, 15) is 13.2 Å². The summed E-state index contributed by atoms with van der Waals surface area (Å²) in [6.45, 7) is 2.95. The largest absolute Gasteiger partial charge is 0.417 e. The third-order valence-corrected chi connectivity index (χ3v) is 6.51. The zero-order chi connectivity index (χ0) is 19.5. The van der Waals surface area contributed by atoms with Crippen molar-refractivity contribution in [2.45, 2.75) is 43.8 Å². The van der Waals surface area contributed by atoms with Gasteiger partial charge in [0.05, 0.1) is 5.56 Å². The highest BCUT2D eigenvalue weighted by Gasteiger charge is 2.42. The molecule has 0 aromatic heterocycles. The van der Waals surface area contributed by atoms with Gasteiger partial charge in [-0.25, -0.2) is 0 Å². The lowest BCUT2D eigenvalue weighted by molar-refractivity contribution is -0.137. The Labute approximate surface area is 162 Å². The molecule has 3 aliphatic rings. The molecule has 3 heterocycles. The van der Waals surface area contributed by atoms with Crippen molar-refractivity contribution in [1.29, 1.82) is 0 Å². The van der Waals surface area contributed by atoms with Crippen molar-refractivity contribution in [3.8, 4) is 11.1 Å². The molecule has 0 spiro atoms. The molecule has 1 fully saturated rings. The van der Waals surface area contributed by atoms with Crippen molar-refractivity contribution in [1.82, 2.24) is 5.32 Å². The third-order valence-electron chi connectivity index (χ3n) is 6.51. The Kier molecular flexibility index (Phi) is 4.09. The zero-order valence-electron chi connectivity index (χ0n) is 15.6. The number of rotatable bonds is 1. The highest BCUT2D eigenvalue weighted by Crippen LogP contribution is 2.49. The Bertz CT molecular complexity index is 922. The van der Waals surface area contributed by atoms with E-state index >= 15 is 0 Å². The van der Waals surface area contributed by atoms with Gasteiger partial charge < -0.3 is 16.0 Å². The van der Waals surface area contributed by atoms with Crippen LogP contribution in [0, 0.1) is 0 Å². The minimum absolute atomic E-state index is 0.137. The number of piperidine rings is 1. The van der Waals surface area contributed by atoms with Crippen molar-refractivity contribution in [2.75, 3.05) is 30.3 Å². The van der Waals surface area contributed by atoms with Gasteiger partial charge in [0, 0.05) is 36.4 Å². The molecular formula is C22H24F3N3. The second-order valence-corrected chi connectivity index (χ2v) is 8.19. The molecular weight excluding hydrogens is 363 g/mol. The SMILES string of the molecule is Nc1ccc(-c2cc3c4c(c2)C2CNCCC2N4CCCC3)c(C(F)(F)F)c1. The molecule has 2 unspecified atom stereocenters. The molecule has 5 rings (SSSR count). The Morgan fingerprint density at radius 3 is 2.79 bits per heavy atom. The van der Waals surface area contributed by atoms with E-state index in [2.05, 4.69) is 10.2 Å². The van der Waals surface area contributed by atoms with Gasteiger partial charge in [0.15, 0.2) is 0 Å². The fourth-order valence-electron chi connectivity index (χ4n) is 5.32. The van der Waals surface area contributed by atoms with E-state index in [4.69, 9.17) is 5.73 Å². The number of hydrogen-bond donors (Lipinski definition) is 2. The average Bonchev–Trinajstić information content (AvgIpc) is 2.82. The number of nitrogen functional groups attached to an aromatic ring is 1. The zero-order valence-corrected chi connectivity index (χ0v) is 15.6. The third kappa shape index (κ3) is 2.77. The molecule has 2 aromatic rings. The minimum Gasteiger partial charge on any atom is -0.399 e. The fraction of sp³-hybridized carbons (Fsp3) is 0.455. The predicted octanol–water partition coefficient (Wildman–Crippen LogP) is 4.56. The maximum absolute atomic E-state index is 13.7. The van der Waals surface area contributed by atoms with Crippen LogP contribution in [0.3, 0.4) is 0 Å². The van der Waals surface area contributed by atoms with Gasteiger partial charge in [-0.3, -0.25) is 0 Å². The molecule has 0 amide bonds. The van der Waals surface area contributed by atoms with Crippen molar-refractivity contribution in [3.05, 3.63) is 47.0 Å². The van der Waals surface area contributed by atoms with Crippen LogP contribution in [-0.2, 0) is 12.6 Å². The van der Waals surface area contributed by atoms with Crippen LogP contribution in [-0.4, -0.2) is 25.7 Å². The second-order valence-electron chi connectivity index (χ2n) is 8.19. The summed E-state index contributed by atoms with van der Waals surface area (Å²) in [4.78, 5) is 2.54. The summed E-state index contributed by atoms with van der Waals surface area (Å²) in [6, 6.07) is 8.60. The molecule has 2 atom stereocenters. The Morgan fingerprint density at radius 2 is 1.96 bits per heavy atom. The summed E-state index contributed by atoms with van der Waals surface area (Å²) < 4.78 is 41.1. The van der Waals surface area contributed by atoms with E-state index in [-0.39, 0.29) is 11.3 Å². The number of benzene rings is 2. The lowest BCUT2D eigenvalue weighted by Gasteiger charge is -2.33. The summed E-state index contributed by atoms with van der Waals surface area (Å²) in [6.07, 6.45) is -0.204. The van der Waals surface area contributed by atoms with E-state index in [1.54, 1.807) is 6.07 Å². The molecule has 1 saturated heterocycles. The van der Waals surface area contributed by atoms with Crippen LogP contribution in [0.2, 0.25) is 0 Å². The first-order valence-corrected chi connectivity index (χ1v) is 10.0. The number of anilines is 2. The normalized spacial score (nSPS) is 23.9. The van der Waals surface area contributed by atoms with Crippen LogP contribution in [0.15, 0.2) is 30.3 Å². The topological polar surface area (TPSA) is 41.3 Å². The van der Waals surface area contributed by atoms with Gasteiger partial charge in [-0.05, 0) is 78.7 Å². The minimum atomic E-state index is -4.43. The molecule has 0 aliphatic carbocycles. The van der Waals surface area contributed by atoms with Gasteiger partial charge >= 0.3 is 6.18 Å². The molecule has 0 saturated carbocycles. The number of nitrogens with zero attached hydrogens (tertiary/aromatic N) is 1. The first kappa shape index (κ1) is 17.9. The van der Waals surface area contributed by atoms with Gasteiger partial charge in [-0.2, -0.15) is 13.2 Å². The van der Waals surface area contributed by atoms with Gasteiger partial charge in [0.2, 0.25) is 0 Å².